The van der Waals surface area contributed by atoms with Crippen molar-refractivity contribution in [2.75, 3.05) is 0 Å². The summed E-state index contributed by atoms with van der Waals surface area (Å²) in [5, 5.41) is 0. The number of rotatable bonds is 2. The highest BCUT2D eigenvalue weighted by Crippen LogP contribution is 2.30. The second-order valence-corrected chi connectivity index (χ2v) is 4.93. The summed E-state index contributed by atoms with van der Waals surface area (Å²) in [5.41, 5.74) is 2.44. The van der Waals surface area contributed by atoms with Gasteiger partial charge in [-0.25, -0.2) is 15.0 Å². The highest BCUT2D eigenvalue weighted by molar-refractivity contribution is 5.67. The summed E-state index contributed by atoms with van der Waals surface area (Å²) in [4.78, 5) is 13.6. The minimum Gasteiger partial charge on any atom is -0.241 e. The van der Waals surface area contributed by atoms with Crippen molar-refractivity contribution in [2.45, 2.75) is 52.4 Å². The van der Waals surface area contributed by atoms with E-state index < -0.39 is 0 Å². The van der Waals surface area contributed by atoms with Gasteiger partial charge in [0.25, 0.3) is 0 Å². The number of nitrogens with zero attached hydrogens (tertiary/aromatic N) is 3. The summed E-state index contributed by atoms with van der Waals surface area (Å²) < 4.78 is 0. The van der Waals surface area contributed by atoms with Crippen LogP contribution in [0.5, 0.6) is 0 Å². The van der Waals surface area contributed by atoms with E-state index in [1.54, 1.807) is 0 Å². The molecule has 1 aromatic rings. The summed E-state index contributed by atoms with van der Waals surface area (Å²) >= 11 is 0. The van der Waals surface area contributed by atoms with Gasteiger partial charge in [-0.15, -0.1) is 0 Å². The summed E-state index contributed by atoms with van der Waals surface area (Å²) in [7, 11) is 0. The highest BCUT2D eigenvalue weighted by Gasteiger charge is 2.18. The maximum absolute atomic E-state index is 4.70. The Morgan fingerprint density at radius 2 is 1.81 bits per heavy atom. The Morgan fingerprint density at radius 1 is 1.06 bits per heavy atom. The molecule has 0 atom stereocenters. The van der Waals surface area contributed by atoms with Crippen molar-refractivity contribution in [3.05, 3.63) is 17.1 Å². The minimum atomic E-state index is 0.361. The molecule has 0 saturated heterocycles. The Morgan fingerprint density at radius 3 is 2.44 bits per heavy atom. The Hall–Kier alpha value is -1.25. The van der Waals surface area contributed by atoms with E-state index in [4.69, 9.17) is 4.98 Å². The second kappa shape index (κ2) is 4.32. The Labute approximate surface area is 97.0 Å². The van der Waals surface area contributed by atoms with Crippen molar-refractivity contribution in [1.29, 1.82) is 0 Å². The lowest BCUT2D eigenvalue weighted by atomic mass is 9.99. The van der Waals surface area contributed by atoms with Gasteiger partial charge < -0.3 is 0 Å². The van der Waals surface area contributed by atoms with Gasteiger partial charge in [-0.3, -0.25) is 0 Å². The zero-order valence-corrected chi connectivity index (χ0v) is 10.5. The van der Waals surface area contributed by atoms with E-state index in [-0.39, 0.29) is 0 Å². The Kier molecular flexibility index (Phi) is 3.03. The summed E-state index contributed by atoms with van der Waals surface area (Å²) in [5.74, 6) is 2.62. The summed E-state index contributed by atoms with van der Waals surface area (Å²) in [6.07, 6.45) is 4.01. The fraction of sp³-hybridized carbons (Fsp3) is 0.615. The topological polar surface area (TPSA) is 38.1 Å². The van der Waals surface area contributed by atoms with E-state index >= 15 is 0 Å². The van der Waals surface area contributed by atoms with Gasteiger partial charge in [-0.1, -0.05) is 27.7 Å². The molecule has 3 heteroatoms. The molecule has 0 aromatic carbocycles. The number of aliphatic imine (C=N–C) groups is 1. The number of aromatic nitrogens is 2. The van der Waals surface area contributed by atoms with Crippen molar-refractivity contribution in [3.63, 3.8) is 0 Å². The first kappa shape index (κ1) is 11.2. The Balaban J connectivity index is 2.58. The van der Waals surface area contributed by atoms with E-state index in [1.807, 2.05) is 6.21 Å². The van der Waals surface area contributed by atoms with E-state index in [2.05, 4.69) is 37.7 Å². The monoisotopic (exact) mass is 217 g/mol. The average Bonchev–Trinajstić information content (AvgIpc) is 2.27. The van der Waals surface area contributed by atoms with Crippen LogP contribution in [0.4, 0.5) is 5.82 Å². The van der Waals surface area contributed by atoms with Gasteiger partial charge in [-0.2, -0.15) is 0 Å². The lowest BCUT2D eigenvalue weighted by Gasteiger charge is -2.18. The van der Waals surface area contributed by atoms with Gasteiger partial charge in [0.2, 0.25) is 0 Å². The Bertz CT molecular complexity index is 419. The lowest BCUT2D eigenvalue weighted by molar-refractivity contribution is 0.712. The van der Waals surface area contributed by atoms with Gasteiger partial charge in [0.15, 0.2) is 5.82 Å². The van der Waals surface area contributed by atoms with Crippen LogP contribution in [0.2, 0.25) is 0 Å². The molecule has 0 N–H and O–H groups in total. The number of fused-ring (bicyclic) bond motifs is 1. The predicted molar refractivity (Wildman–Crippen MR) is 66.7 cm³/mol. The molecule has 0 unspecified atom stereocenters. The molecule has 16 heavy (non-hydrogen) atoms. The van der Waals surface area contributed by atoms with Crippen molar-refractivity contribution in [2.24, 2.45) is 4.99 Å². The highest BCUT2D eigenvalue weighted by atomic mass is 15.0. The summed E-state index contributed by atoms with van der Waals surface area (Å²) in [6.45, 7) is 8.62. The largest absolute Gasteiger partial charge is 0.241 e. The lowest BCUT2D eigenvalue weighted by Crippen LogP contribution is -2.10. The third kappa shape index (κ3) is 1.99. The van der Waals surface area contributed by atoms with Crippen LogP contribution in [0.15, 0.2) is 4.99 Å². The molecule has 0 amide bonds. The van der Waals surface area contributed by atoms with Crippen LogP contribution in [-0.4, -0.2) is 16.2 Å². The molecule has 0 radical (unpaired) electrons. The quantitative estimate of drug-likeness (QED) is 0.761. The molecule has 1 aliphatic heterocycles. The number of hydrogen-bond donors (Lipinski definition) is 0. The molecule has 86 valence electrons. The third-order valence-electron chi connectivity index (χ3n) is 2.83. The SMILES string of the molecule is CC(C)c1nc2c(c(C(C)C)n1)CCC=N2. The zero-order valence-electron chi connectivity index (χ0n) is 10.5. The van der Waals surface area contributed by atoms with Crippen molar-refractivity contribution in [1.82, 2.24) is 9.97 Å². The maximum Gasteiger partial charge on any atom is 0.158 e. The van der Waals surface area contributed by atoms with Crippen molar-refractivity contribution >= 4 is 12.0 Å². The van der Waals surface area contributed by atoms with Crippen LogP contribution < -0.4 is 0 Å². The fourth-order valence-corrected chi connectivity index (χ4v) is 1.95. The van der Waals surface area contributed by atoms with E-state index in [0.29, 0.717) is 11.8 Å². The maximum atomic E-state index is 4.70. The third-order valence-corrected chi connectivity index (χ3v) is 2.83. The zero-order chi connectivity index (χ0) is 11.7. The molecular weight excluding hydrogens is 198 g/mol. The summed E-state index contributed by atoms with van der Waals surface area (Å²) in [6, 6.07) is 0. The molecule has 0 spiro atoms. The van der Waals surface area contributed by atoms with Crippen LogP contribution in [0.1, 0.15) is 63.0 Å². The van der Waals surface area contributed by atoms with Gasteiger partial charge in [0.1, 0.15) is 5.82 Å². The molecule has 0 bridgehead atoms. The molecule has 0 aliphatic carbocycles. The number of hydrogen-bond acceptors (Lipinski definition) is 3. The molecule has 0 saturated carbocycles. The van der Waals surface area contributed by atoms with Crippen molar-refractivity contribution < 1.29 is 0 Å². The van der Waals surface area contributed by atoms with Crippen LogP contribution >= 0.6 is 0 Å². The van der Waals surface area contributed by atoms with Crippen molar-refractivity contribution in [3.8, 4) is 0 Å². The van der Waals surface area contributed by atoms with Gasteiger partial charge in [0, 0.05) is 17.7 Å². The minimum absolute atomic E-state index is 0.361. The fourth-order valence-electron chi connectivity index (χ4n) is 1.95. The average molecular weight is 217 g/mol. The second-order valence-electron chi connectivity index (χ2n) is 4.93. The van der Waals surface area contributed by atoms with Crippen LogP contribution in [0.25, 0.3) is 0 Å². The first-order chi connectivity index (χ1) is 7.59. The normalized spacial score (nSPS) is 14.6. The molecule has 2 rings (SSSR count). The van der Waals surface area contributed by atoms with Crippen LogP contribution in [-0.2, 0) is 6.42 Å². The van der Waals surface area contributed by atoms with E-state index in [9.17, 15) is 0 Å². The molecule has 1 aromatic heterocycles. The molecular formula is C13H19N3. The van der Waals surface area contributed by atoms with Gasteiger partial charge in [-0.05, 0) is 18.8 Å². The molecule has 2 heterocycles. The molecule has 0 fully saturated rings. The van der Waals surface area contributed by atoms with Gasteiger partial charge in [0.05, 0.1) is 5.69 Å². The van der Waals surface area contributed by atoms with Crippen LogP contribution in [0, 0.1) is 0 Å². The van der Waals surface area contributed by atoms with Gasteiger partial charge >= 0.3 is 0 Å². The first-order valence-electron chi connectivity index (χ1n) is 6.02. The van der Waals surface area contributed by atoms with E-state index in [1.165, 1.54) is 11.3 Å². The smallest absolute Gasteiger partial charge is 0.158 e. The first-order valence-corrected chi connectivity index (χ1v) is 6.02. The van der Waals surface area contributed by atoms with E-state index in [0.717, 1.165) is 24.5 Å². The standard InChI is InChI=1S/C13H19N3/c1-8(2)11-10-6-5-7-14-13(10)16-12(15-11)9(3)4/h7-9H,5-6H2,1-4H3. The predicted octanol–water partition coefficient (Wildman–Crippen LogP) is 3.37. The molecule has 1 aliphatic rings. The molecule has 3 nitrogen and oxygen atoms in total. The van der Waals surface area contributed by atoms with Crippen LogP contribution in [0.3, 0.4) is 0 Å².